The van der Waals surface area contributed by atoms with Gasteiger partial charge in [0.15, 0.2) is 0 Å². The van der Waals surface area contributed by atoms with E-state index in [1.165, 1.54) is 10.7 Å². The van der Waals surface area contributed by atoms with Crippen LogP contribution >= 0.6 is 23.2 Å². The maximum Gasteiger partial charge on any atom is 0.296 e. The molecule has 0 saturated carbocycles. The largest absolute Gasteiger partial charge is 0.396 e. The molecule has 0 bridgehead atoms. The van der Waals surface area contributed by atoms with Gasteiger partial charge in [-0.05, 0) is 12.1 Å². The Bertz CT molecular complexity index is 1020. The Morgan fingerprint density at radius 3 is 2.38 bits per heavy atom. The van der Waals surface area contributed by atoms with Crippen LogP contribution in [0.4, 0.5) is 5.69 Å². The molecule has 2 aromatic carbocycles. The molecule has 24 heavy (non-hydrogen) atoms. The second-order valence-electron chi connectivity index (χ2n) is 4.95. The van der Waals surface area contributed by atoms with Crippen molar-refractivity contribution < 1.29 is 13.0 Å². The molecule has 0 aliphatic carbocycles. The van der Waals surface area contributed by atoms with Crippen molar-refractivity contribution >= 4 is 39.0 Å². The predicted molar refractivity (Wildman–Crippen MR) is 93.2 cm³/mol. The minimum absolute atomic E-state index is 0.0501. The standard InChI is InChI=1S/C15H11Cl2N3O3S/c16-10-7-14(24(21,22)23)11(17)6-13(10)20-8-12(18)15(19-20)9-4-2-1-3-5-9/h1-8H,18H2,(H,21,22,23). The Morgan fingerprint density at radius 1 is 1.08 bits per heavy atom. The summed E-state index contributed by atoms with van der Waals surface area (Å²) in [5.41, 5.74) is 8.14. The van der Waals surface area contributed by atoms with Crippen molar-refractivity contribution in [3.05, 3.63) is 58.7 Å². The fourth-order valence-electron chi connectivity index (χ4n) is 2.22. The lowest BCUT2D eigenvalue weighted by atomic mass is 10.1. The highest BCUT2D eigenvalue weighted by molar-refractivity contribution is 7.86. The SMILES string of the molecule is Nc1cn(-c2cc(Cl)c(S(=O)(=O)O)cc2Cl)nc1-c1ccccc1. The molecule has 3 rings (SSSR count). The molecule has 1 aromatic heterocycles. The highest BCUT2D eigenvalue weighted by atomic mass is 35.5. The molecule has 0 aliphatic rings. The van der Waals surface area contributed by atoms with Crippen LogP contribution in [-0.4, -0.2) is 22.8 Å². The maximum atomic E-state index is 11.3. The molecular formula is C15H11Cl2N3O3S. The van der Waals surface area contributed by atoms with Gasteiger partial charge >= 0.3 is 0 Å². The number of benzene rings is 2. The van der Waals surface area contributed by atoms with Crippen LogP contribution in [0.2, 0.25) is 10.0 Å². The minimum atomic E-state index is -4.47. The number of hydrogen-bond donors (Lipinski definition) is 2. The number of aromatic nitrogens is 2. The molecule has 6 nitrogen and oxygen atoms in total. The lowest BCUT2D eigenvalue weighted by Crippen LogP contribution is -2.02. The molecule has 3 aromatic rings. The Hall–Kier alpha value is -2.06. The highest BCUT2D eigenvalue weighted by Crippen LogP contribution is 2.32. The van der Waals surface area contributed by atoms with Crippen molar-refractivity contribution in [2.24, 2.45) is 0 Å². The fourth-order valence-corrected chi connectivity index (χ4v) is 3.56. The molecule has 1 heterocycles. The monoisotopic (exact) mass is 383 g/mol. The molecule has 0 atom stereocenters. The van der Waals surface area contributed by atoms with E-state index >= 15 is 0 Å². The number of nitrogens with zero attached hydrogens (tertiary/aromatic N) is 2. The zero-order valence-corrected chi connectivity index (χ0v) is 14.3. The van der Waals surface area contributed by atoms with Crippen molar-refractivity contribution in [2.75, 3.05) is 5.73 Å². The summed E-state index contributed by atoms with van der Waals surface area (Å²) in [6.45, 7) is 0. The van der Waals surface area contributed by atoms with E-state index in [9.17, 15) is 8.42 Å². The van der Waals surface area contributed by atoms with Gasteiger partial charge in [0.1, 0.15) is 10.6 Å². The summed E-state index contributed by atoms with van der Waals surface area (Å²) in [5.74, 6) is 0. The summed E-state index contributed by atoms with van der Waals surface area (Å²) in [5, 5.41) is 4.26. The molecule has 0 radical (unpaired) electrons. The summed E-state index contributed by atoms with van der Waals surface area (Å²) < 4.78 is 33.1. The second kappa shape index (κ2) is 6.10. The molecular weight excluding hydrogens is 373 g/mol. The first-order chi connectivity index (χ1) is 11.3. The van der Waals surface area contributed by atoms with Crippen LogP contribution in [0.25, 0.3) is 16.9 Å². The molecule has 9 heteroatoms. The van der Waals surface area contributed by atoms with Gasteiger partial charge in [-0.15, -0.1) is 0 Å². The van der Waals surface area contributed by atoms with Gasteiger partial charge < -0.3 is 5.73 Å². The Kier molecular flexibility index (Phi) is 4.27. The van der Waals surface area contributed by atoms with Crippen LogP contribution < -0.4 is 5.73 Å². The molecule has 0 aliphatic heterocycles. The average molecular weight is 384 g/mol. The van der Waals surface area contributed by atoms with Crippen molar-refractivity contribution in [3.63, 3.8) is 0 Å². The molecule has 0 unspecified atom stereocenters. The van der Waals surface area contributed by atoms with E-state index in [0.717, 1.165) is 11.6 Å². The zero-order chi connectivity index (χ0) is 17.5. The van der Waals surface area contributed by atoms with Crippen LogP contribution in [0.3, 0.4) is 0 Å². The van der Waals surface area contributed by atoms with E-state index in [4.69, 9.17) is 33.5 Å². The summed E-state index contributed by atoms with van der Waals surface area (Å²) in [4.78, 5) is -0.471. The number of nitrogens with two attached hydrogens (primary N) is 1. The number of rotatable bonds is 3. The lowest BCUT2D eigenvalue weighted by molar-refractivity contribution is 0.483. The van der Waals surface area contributed by atoms with Crippen molar-refractivity contribution in [1.29, 1.82) is 0 Å². The van der Waals surface area contributed by atoms with Crippen LogP contribution in [0.15, 0.2) is 53.6 Å². The van der Waals surface area contributed by atoms with E-state index in [0.29, 0.717) is 17.1 Å². The normalized spacial score (nSPS) is 11.6. The Morgan fingerprint density at radius 2 is 1.75 bits per heavy atom. The van der Waals surface area contributed by atoms with Crippen molar-refractivity contribution in [2.45, 2.75) is 4.90 Å². The third-order valence-corrected chi connectivity index (χ3v) is 4.94. The van der Waals surface area contributed by atoms with Gasteiger partial charge in [-0.25, -0.2) is 4.68 Å². The molecule has 0 spiro atoms. The fraction of sp³-hybridized carbons (Fsp3) is 0. The number of anilines is 1. The van der Waals surface area contributed by atoms with Gasteiger partial charge in [-0.2, -0.15) is 13.5 Å². The summed E-state index contributed by atoms with van der Waals surface area (Å²) in [6, 6.07) is 11.7. The highest BCUT2D eigenvalue weighted by Gasteiger charge is 2.19. The van der Waals surface area contributed by atoms with Gasteiger partial charge in [0.25, 0.3) is 10.1 Å². The van der Waals surface area contributed by atoms with Gasteiger partial charge in [0, 0.05) is 5.56 Å². The van der Waals surface area contributed by atoms with E-state index in [1.54, 1.807) is 6.20 Å². The van der Waals surface area contributed by atoms with E-state index in [2.05, 4.69) is 5.10 Å². The Labute approximate surface area is 148 Å². The smallest absolute Gasteiger partial charge is 0.296 e. The van der Waals surface area contributed by atoms with Crippen LogP contribution in [0.1, 0.15) is 0 Å². The first-order valence-electron chi connectivity index (χ1n) is 6.65. The topological polar surface area (TPSA) is 98.2 Å². The number of nitrogen functional groups attached to an aromatic ring is 1. The third-order valence-electron chi connectivity index (χ3n) is 3.32. The quantitative estimate of drug-likeness (QED) is 0.672. The number of hydrogen-bond acceptors (Lipinski definition) is 4. The van der Waals surface area contributed by atoms with E-state index in [1.807, 2.05) is 30.3 Å². The summed E-state index contributed by atoms with van der Waals surface area (Å²) in [7, 11) is -4.47. The molecule has 3 N–H and O–H groups in total. The summed E-state index contributed by atoms with van der Waals surface area (Å²) in [6.07, 6.45) is 1.55. The van der Waals surface area contributed by atoms with E-state index < -0.39 is 15.0 Å². The Balaban J connectivity index is 2.13. The lowest BCUT2D eigenvalue weighted by Gasteiger charge is -2.08. The van der Waals surface area contributed by atoms with Gasteiger partial charge in [0.05, 0.1) is 27.6 Å². The number of halogens is 2. The van der Waals surface area contributed by atoms with Crippen LogP contribution in [0.5, 0.6) is 0 Å². The molecule has 0 fully saturated rings. The maximum absolute atomic E-state index is 11.3. The third kappa shape index (κ3) is 3.11. The van der Waals surface area contributed by atoms with E-state index in [-0.39, 0.29) is 10.0 Å². The first-order valence-corrected chi connectivity index (χ1v) is 8.84. The first kappa shape index (κ1) is 16.8. The predicted octanol–water partition coefficient (Wildman–Crippen LogP) is 3.68. The van der Waals surface area contributed by atoms with Gasteiger partial charge in [-0.3, -0.25) is 4.55 Å². The van der Waals surface area contributed by atoms with Crippen LogP contribution in [-0.2, 0) is 10.1 Å². The minimum Gasteiger partial charge on any atom is -0.396 e. The average Bonchev–Trinajstić information content (AvgIpc) is 2.90. The van der Waals surface area contributed by atoms with Gasteiger partial charge in [0.2, 0.25) is 0 Å². The van der Waals surface area contributed by atoms with Crippen molar-refractivity contribution in [1.82, 2.24) is 9.78 Å². The second-order valence-corrected chi connectivity index (χ2v) is 7.16. The zero-order valence-electron chi connectivity index (χ0n) is 12.0. The molecule has 0 saturated heterocycles. The van der Waals surface area contributed by atoms with Crippen LogP contribution in [0, 0.1) is 0 Å². The van der Waals surface area contributed by atoms with Gasteiger partial charge in [-0.1, -0.05) is 53.5 Å². The molecule has 0 amide bonds. The van der Waals surface area contributed by atoms with Crippen molar-refractivity contribution in [3.8, 4) is 16.9 Å². The summed E-state index contributed by atoms with van der Waals surface area (Å²) >= 11 is 12.0. The molecule has 124 valence electrons.